The third-order valence-corrected chi connectivity index (χ3v) is 5.36. The molecule has 3 unspecified atom stereocenters. The van der Waals surface area contributed by atoms with E-state index in [0.717, 1.165) is 18.0 Å². The smallest absolute Gasteiger partial charge is 0.315 e. The Morgan fingerprint density at radius 1 is 1.36 bits per heavy atom. The van der Waals surface area contributed by atoms with Gasteiger partial charge in [0.2, 0.25) is 5.89 Å². The van der Waals surface area contributed by atoms with Crippen LogP contribution in [0.4, 0.5) is 6.01 Å². The first-order valence-corrected chi connectivity index (χ1v) is 9.01. The van der Waals surface area contributed by atoms with Crippen molar-refractivity contribution in [1.29, 1.82) is 0 Å². The van der Waals surface area contributed by atoms with Crippen molar-refractivity contribution in [3.63, 3.8) is 0 Å². The number of likely N-dealkylation sites (N-methyl/N-ethyl adjacent to an activating group) is 1. The molecule has 6 nitrogen and oxygen atoms in total. The van der Waals surface area contributed by atoms with Crippen molar-refractivity contribution in [3.05, 3.63) is 40.7 Å². The molecule has 2 aromatic rings. The molecule has 0 aliphatic carbocycles. The Bertz CT molecular complexity index is 705. The van der Waals surface area contributed by atoms with E-state index in [1.807, 2.05) is 12.1 Å². The number of aliphatic hydroxyl groups excluding tert-OH is 1. The van der Waals surface area contributed by atoms with Crippen LogP contribution in [0.25, 0.3) is 0 Å². The summed E-state index contributed by atoms with van der Waals surface area (Å²) in [5.74, 6) is 0.837. The fourth-order valence-corrected chi connectivity index (χ4v) is 4.13. The van der Waals surface area contributed by atoms with E-state index in [9.17, 15) is 5.11 Å². The van der Waals surface area contributed by atoms with Crippen molar-refractivity contribution in [1.82, 2.24) is 15.1 Å². The zero-order valence-corrected chi connectivity index (χ0v) is 15.6. The normalized spacial score (nSPS) is 26.9. The highest BCUT2D eigenvalue weighted by Crippen LogP contribution is 2.46. The number of hydrogen-bond donors (Lipinski definition) is 2. The Labute approximate surface area is 153 Å². The van der Waals surface area contributed by atoms with Gasteiger partial charge in [0.25, 0.3) is 0 Å². The van der Waals surface area contributed by atoms with Crippen LogP contribution in [0.2, 0.25) is 5.02 Å². The van der Waals surface area contributed by atoms with Crippen LogP contribution >= 0.6 is 11.6 Å². The van der Waals surface area contributed by atoms with Gasteiger partial charge in [-0.2, -0.15) is 0 Å². The van der Waals surface area contributed by atoms with Gasteiger partial charge in [-0.25, -0.2) is 0 Å². The maximum atomic E-state index is 10.0. The van der Waals surface area contributed by atoms with Gasteiger partial charge < -0.3 is 14.8 Å². The Morgan fingerprint density at radius 2 is 2.08 bits per heavy atom. The number of rotatable bonds is 6. The second-order valence-corrected chi connectivity index (χ2v) is 7.35. The Morgan fingerprint density at radius 3 is 2.64 bits per heavy atom. The first-order chi connectivity index (χ1) is 12.0. The van der Waals surface area contributed by atoms with E-state index in [0.29, 0.717) is 24.4 Å². The number of halogens is 1. The molecule has 0 radical (unpaired) electrons. The minimum atomic E-state index is -0.254. The van der Waals surface area contributed by atoms with E-state index < -0.39 is 0 Å². The molecule has 0 saturated carbocycles. The van der Waals surface area contributed by atoms with E-state index in [-0.39, 0.29) is 18.2 Å². The molecule has 1 saturated heterocycles. The highest BCUT2D eigenvalue weighted by Gasteiger charge is 2.48. The summed E-state index contributed by atoms with van der Waals surface area (Å²) in [5, 5.41) is 21.8. The summed E-state index contributed by atoms with van der Waals surface area (Å²) in [4.78, 5) is 2.38. The van der Waals surface area contributed by atoms with Crippen LogP contribution in [0.3, 0.4) is 0 Å². The maximum Gasteiger partial charge on any atom is 0.315 e. The molecule has 7 heteroatoms. The average Bonchev–Trinajstić information content (AvgIpc) is 3.14. The second-order valence-electron chi connectivity index (χ2n) is 6.91. The highest BCUT2D eigenvalue weighted by molar-refractivity contribution is 6.30. The number of nitrogens with zero attached hydrogens (tertiary/aromatic N) is 3. The highest BCUT2D eigenvalue weighted by atomic mass is 35.5. The van der Waals surface area contributed by atoms with Crippen molar-refractivity contribution in [2.75, 3.05) is 25.0 Å². The van der Waals surface area contributed by atoms with Crippen LogP contribution in [-0.4, -0.2) is 45.4 Å². The number of hydrogen-bond acceptors (Lipinski definition) is 6. The fraction of sp³-hybridized carbons (Fsp3) is 0.556. The van der Waals surface area contributed by atoms with Gasteiger partial charge in [-0.1, -0.05) is 35.8 Å². The van der Waals surface area contributed by atoms with Crippen LogP contribution in [0, 0.1) is 12.8 Å². The van der Waals surface area contributed by atoms with Crippen molar-refractivity contribution in [2.24, 2.45) is 5.92 Å². The number of anilines is 1. The summed E-state index contributed by atoms with van der Waals surface area (Å²) >= 11 is 6.06. The molecule has 25 heavy (non-hydrogen) atoms. The van der Waals surface area contributed by atoms with E-state index >= 15 is 0 Å². The minimum Gasteiger partial charge on any atom is -0.408 e. The second kappa shape index (κ2) is 7.32. The Balaban J connectivity index is 1.85. The number of aryl methyl sites for hydroxylation is 1. The molecular formula is C18H25ClN4O2. The number of aliphatic hydroxyl groups is 1. The van der Waals surface area contributed by atoms with Crippen LogP contribution in [0.1, 0.15) is 37.8 Å². The number of nitrogens with one attached hydrogen (secondary N) is 1. The van der Waals surface area contributed by atoms with Gasteiger partial charge in [0.15, 0.2) is 0 Å². The van der Waals surface area contributed by atoms with Crippen LogP contribution in [0.5, 0.6) is 0 Å². The summed E-state index contributed by atoms with van der Waals surface area (Å²) in [6.07, 6.45) is 0.880. The summed E-state index contributed by atoms with van der Waals surface area (Å²) in [6.45, 7) is 7.71. The monoisotopic (exact) mass is 364 g/mol. The lowest BCUT2D eigenvalue weighted by Crippen LogP contribution is -2.45. The first kappa shape index (κ1) is 18.2. The van der Waals surface area contributed by atoms with Crippen LogP contribution in [0.15, 0.2) is 28.7 Å². The van der Waals surface area contributed by atoms with Gasteiger partial charge >= 0.3 is 6.01 Å². The van der Waals surface area contributed by atoms with Gasteiger partial charge in [-0.3, -0.25) is 4.90 Å². The average molecular weight is 365 g/mol. The minimum absolute atomic E-state index is 0.126. The lowest BCUT2D eigenvalue weighted by molar-refractivity contribution is 0.0581. The van der Waals surface area contributed by atoms with Gasteiger partial charge in [0.05, 0.1) is 6.61 Å². The van der Waals surface area contributed by atoms with E-state index in [4.69, 9.17) is 16.0 Å². The van der Waals surface area contributed by atoms with E-state index in [1.54, 1.807) is 6.92 Å². The molecule has 1 aliphatic rings. The van der Waals surface area contributed by atoms with Gasteiger partial charge in [0, 0.05) is 30.1 Å². The standard InChI is InChI=1S/C18H25ClN4O2/c1-4-23-16(13-5-7-15(19)8-6-13)14(9-18(23,3)11-24)10-20-17-22-21-12(2)25-17/h5-8,14,16,24H,4,9-11H2,1-3H3,(H,20,22). The Kier molecular flexibility index (Phi) is 5.32. The molecule has 2 heterocycles. The van der Waals surface area contributed by atoms with E-state index in [2.05, 4.69) is 46.4 Å². The summed E-state index contributed by atoms with van der Waals surface area (Å²) in [6, 6.07) is 8.62. The quantitative estimate of drug-likeness (QED) is 0.819. The lowest BCUT2D eigenvalue weighted by Gasteiger charge is -2.37. The van der Waals surface area contributed by atoms with Crippen LogP contribution in [-0.2, 0) is 0 Å². The van der Waals surface area contributed by atoms with Crippen molar-refractivity contribution in [2.45, 2.75) is 38.8 Å². The molecule has 1 aromatic carbocycles. The van der Waals surface area contributed by atoms with Gasteiger partial charge in [-0.05, 0) is 43.5 Å². The van der Waals surface area contributed by atoms with E-state index in [1.165, 1.54) is 5.56 Å². The third kappa shape index (κ3) is 3.66. The maximum absolute atomic E-state index is 10.0. The molecule has 1 aromatic heterocycles. The number of aromatic nitrogens is 2. The number of benzene rings is 1. The number of likely N-dealkylation sites (tertiary alicyclic amines) is 1. The van der Waals surface area contributed by atoms with Crippen molar-refractivity contribution >= 4 is 17.6 Å². The largest absolute Gasteiger partial charge is 0.408 e. The molecule has 2 N–H and O–H groups in total. The zero-order valence-electron chi connectivity index (χ0n) is 14.9. The Hall–Kier alpha value is -1.63. The van der Waals surface area contributed by atoms with Crippen LogP contribution < -0.4 is 5.32 Å². The van der Waals surface area contributed by atoms with Gasteiger partial charge in [-0.15, -0.1) is 5.10 Å². The fourth-order valence-electron chi connectivity index (χ4n) is 4.00. The predicted molar refractivity (Wildman–Crippen MR) is 97.7 cm³/mol. The molecule has 136 valence electrons. The molecule has 0 amide bonds. The first-order valence-electron chi connectivity index (χ1n) is 8.64. The molecule has 0 bridgehead atoms. The molecule has 1 aliphatic heterocycles. The topological polar surface area (TPSA) is 74.4 Å². The third-order valence-electron chi connectivity index (χ3n) is 5.11. The SMILES string of the molecule is CCN1C(c2ccc(Cl)cc2)C(CNc2nnc(C)o2)CC1(C)CO. The summed E-state index contributed by atoms with van der Waals surface area (Å²) in [7, 11) is 0. The zero-order chi connectivity index (χ0) is 18.0. The lowest BCUT2D eigenvalue weighted by atomic mass is 9.90. The summed E-state index contributed by atoms with van der Waals surface area (Å²) < 4.78 is 5.42. The van der Waals surface area contributed by atoms with Crippen molar-refractivity contribution in [3.8, 4) is 0 Å². The molecule has 3 atom stereocenters. The molecular weight excluding hydrogens is 340 g/mol. The predicted octanol–water partition coefficient (Wildman–Crippen LogP) is 3.28. The molecule has 1 fully saturated rings. The summed E-state index contributed by atoms with van der Waals surface area (Å²) in [5.41, 5.74) is 0.952. The van der Waals surface area contributed by atoms with Gasteiger partial charge in [0.1, 0.15) is 0 Å². The van der Waals surface area contributed by atoms with Crippen molar-refractivity contribution < 1.29 is 9.52 Å². The molecule has 3 rings (SSSR count). The molecule has 0 spiro atoms.